The molecule has 0 aromatic heterocycles. The quantitative estimate of drug-likeness (QED) is 0.0342. The van der Waals surface area contributed by atoms with Crippen molar-refractivity contribution >= 4 is 34.6 Å². The van der Waals surface area contributed by atoms with Gasteiger partial charge in [0.25, 0.3) is 0 Å². The van der Waals surface area contributed by atoms with E-state index in [9.17, 15) is 19.2 Å². The summed E-state index contributed by atoms with van der Waals surface area (Å²) in [7, 11) is 0. The Morgan fingerprint density at radius 1 is 0.582 bits per heavy atom. The zero-order valence-corrected chi connectivity index (χ0v) is 34.1. The zero-order valence-electron chi connectivity index (χ0n) is 34.1. The third kappa shape index (κ3) is 18.3. The summed E-state index contributed by atoms with van der Waals surface area (Å²) in [6.45, 7) is 11.5. The number of unbranched alkanes of at least 4 members (excludes halogenated alkanes) is 8. The number of fused-ring (bicyclic) bond motifs is 1. The number of hydrogen-bond donors (Lipinski definition) is 0. The fourth-order valence-corrected chi connectivity index (χ4v) is 6.25. The van der Waals surface area contributed by atoms with Crippen LogP contribution in [0.2, 0.25) is 0 Å². The van der Waals surface area contributed by atoms with Gasteiger partial charge >= 0.3 is 23.9 Å². The van der Waals surface area contributed by atoms with Gasteiger partial charge in [0.15, 0.2) is 6.10 Å². The molecule has 0 radical (unpaired) electrons. The van der Waals surface area contributed by atoms with Crippen molar-refractivity contribution < 1.29 is 38.1 Å². The number of carbonyl (C=O) groups is 4. The van der Waals surface area contributed by atoms with Gasteiger partial charge in [-0.2, -0.15) is 0 Å². The lowest BCUT2D eigenvalue weighted by Crippen LogP contribution is -2.31. The second-order valence-corrected chi connectivity index (χ2v) is 15.5. The molecule has 0 aliphatic rings. The highest BCUT2D eigenvalue weighted by molar-refractivity contribution is 5.85. The van der Waals surface area contributed by atoms with Crippen LogP contribution in [0.3, 0.4) is 0 Å². The molecule has 9 nitrogen and oxygen atoms in total. The van der Waals surface area contributed by atoms with Crippen molar-refractivity contribution in [3.63, 3.8) is 0 Å². The molecule has 55 heavy (non-hydrogen) atoms. The molecule has 0 amide bonds. The van der Waals surface area contributed by atoms with E-state index >= 15 is 0 Å². The van der Waals surface area contributed by atoms with Crippen LogP contribution in [0.25, 0.3) is 10.8 Å². The fourth-order valence-electron chi connectivity index (χ4n) is 6.25. The van der Waals surface area contributed by atoms with E-state index in [1.165, 1.54) is 5.56 Å². The molecular formula is C46H65NO8. The van der Waals surface area contributed by atoms with Gasteiger partial charge in [-0.3, -0.25) is 24.1 Å². The van der Waals surface area contributed by atoms with E-state index in [-0.39, 0.29) is 63.0 Å². The van der Waals surface area contributed by atoms with E-state index < -0.39 is 18.0 Å². The molecule has 3 rings (SSSR count). The molecule has 0 fully saturated rings. The second-order valence-electron chi connectivity index (χ2n) is 15.5. The molecule has 0 N–H and O–H groups in total. The lowest BCUT2D eigenvalue weighted by atomic mass is 9.87. The molecule has 0 heterocycles. The molecule has 0 saturated carbocycles. The topological polar surface area (TPSA) is 108 Å². The molecule has 0 aliphatic carbocycles. The van der Waals surface area contributed by atoms with E-state index in [2.05, 4.69) is 88.0 Å². The van der Waals surface area contributed by atoms with Crippen molar-refractivity contribution in [3.05, 3.63) is 83.4 Å². The molecule has 0 bridgehead atoms. The number of rotatable bonds is 26. The summed E-state index contributed by atoms with van der Waals surface area (Å²) in [4.78, 5) is 52.7. The Bertz CT molecular complexity index is 1560. The van der Waals surface area contributed by atoms with Crippen molar-refractivity contribution in [3.8, 4) is 0 Å². The van der Waals surface area contributed by atoms with Crippen molar-refractivity contribution in [1.29, 1.82) is 0 Å². The third-order valence-corrected chi connectivity index (χ3v) is 9.57. The van der Waals surface area contributed by atoms with Crippen LogP contribution in [0, 0.1) is 0 Å². The van der Waals surface area contributed by atoms with Crippen LogP contribution in [-0.2, 0) is 56.6 Å². The maximum absolute atomic E-state index is 13.0. The van der Waals surface area contributed by atoms with Gasteiger partial charge in [-0.15, -0.1) is 0 Å². The number of ether oxygens (including phenoxy) is 4. The van der Waals surface area contributed by atoms with Crippen molar-refractivity contribution in [2.45, 2.75) is 149 Å². The van der Waals surface area contributed by atoms with Crippen molar-refractivity contribution in [2.75, 3.05) is 19.9 Å². The third-order valence-electron chi connectivity index (χ3n) is 9.57. The van der Waals surface area contributed by atoms with Gasteiger partial charge in [-0.05, 0) is 45.7 Å². The molecule has 0 aliphatic heterocycles. The van der Waals surface area contributed by atoms with E-state index in [1.54, 1.807) is 0 Å². The number of hydrogen-bond acceptors (Lipinski definition) is 9. The lowest BCUT2D eigenvalue weighted by molar-refractivity contribution is -0.167. The smallest absolute Gasteiger partial charge is 0.307 e. The predicted octanol–water partition coefficient (Wildman–Crippen LogP) is 10.1. The monoisotopic (exact) mass is 759 g/mol. The first-order valence-corrected chi connectivity index (χ1v) is 20.4. The van der Waals surface area contributed by atoms with Crippen LogP contribution in [0.15, 0.2) is 66.7 Å². The van der Waals surface area contributed by atoms with Gasteiger partial charge < -0.3 is 18.9 Å². The Kier molecular flexibility index (Phi) is 20.5. The summed E-state index contributed by atoms with van der Waals surface area (Å²) >= 11 is 0. The van der Waals surface area contributed by atoms with E-state index in [4.69, 9.17) is 18.9 Å². The molecule has 302 valence electrons. The SMILES string of the molecule is CCCCCCCC(=O)OCC(COC(=O)CCCCCCC)OC(=O)CCC(=O)OCN(Cc1ccc(C(C)(C)C)cc1)Cc1cccc2ccccc12. The lowest BCUT2D eigenvalue weighted by Gasteiger charge is -2.24. The standard InChI is InChI=1S/C46H65NO8/c1-6-8-10-12-14-23-42(48)52-33-40(34-53-43(49)24-15-13-11-9-7-2)55-45(51)30-29-44(50)54-35-47(31-36-25-27-39(28-26-36)46(3,4)5)32-38-21-18-20-37-19-16-17-22-41(37)38/h16-22,25-28,40H,6-15,23-24,29-35H2,1-5H3. The first-order chi connectivity index (χ1) is 26.5. The fraction of sp³-hybridized carbons (Fsp3) is 0.565. The summed E-state index contributed by atoms with van der Waals surface area (Å²) in [5.74, 6) is -1.98. The van der Waals surface area contributed by atoms with Crippen LogP contribution in [-0.4, -0.2) is 54.8 Å². The van der Waals surface area contributed by atoms with Crippen LogP contribution in [0.1, 0.15) is 141 Å². The number of nitrogens with zero attached hydrogens (tertiary/aromatic N) is 1. The normalized spacial score (nSPS) is 11.5. The molecule has 0 saturated heterocycles. The highest BCUT2D eigenvalue weighted by atomic mass is 16.6. The average molecular weight is 760 g/mol. The van der Waals surface area contributed by atoms with Crippen LogP contribution in [0.4, 0.5) is 0 Å². The number of carbonyl (C=O) groups excluding carboxylic acids is 4. The van der Waals surface area contributed by atoms with Crippen LogP contribution >= 0.6 is 0 Å². The zero-order chi connectivity index (χ0) is 39.9. The second kappa shape index (κ2) is 25.0. The highest BCUT2D eigenvalue weighted by Crippen LogP contribution is 2.24. The van der Waals surface area contributed by atoms with Gasteiger partial charge in [0, 0.05) is 25.9 Å². The minimum atomic E-state index is -0.975. The van der Waals surface area contributed by atoms with Crippen molar-refractivity contribution in [2.24, 2.45) is 0 Å². The molecule has 3 aromatic carbocycles. The summed E-state index contributed by atoms with van der Waals surface area (Å²) in [6, 6.07) is 22.9. The summed E-state index contributed by atoms with van der Waals surface area (Å²) < 4.78 is 22.1. The largest absolute Gasteiger partial charge is 0.462 e. The first kappa shape index (κ1) is 45.2. The first-order valence-electron chi connectivity index (χ1n) is 20.4. The van der Waals surface area contributed by atoms with E-state index in [0.717, 1.165) is 86.1 Å². The van der Waals surface area contributed by atoms with E-state index in [1.807, 2.05) is 18.2 Å². The summed E-state index contributed by atoms with van der Waals surface area (Å²) in [5, 5.41) is 2.27. The van der Waals surface area contributed by atoms with Crippen LogP contribution in [0.5, 0.6) is 0 Å². The summed E-state index contributed by atoms with van der Waals surface area (Å²) in [6.07, 6.45) is 9.09. The number of benzene rings is 3. The summed E-state index contributed by atoms with van der Waals surface area (Å²) in [5.41, 5.74) is 3.48. The maximum atomic E-state index is 13.0. The molecule has 3 aromatic rings. The Morgan fingerprint density at radius 2 is 1.13 bits per heavy atom. The average Bonchev–Trinajstić information content (AvgIpc) is 3.17. The minimum Gasteiger partial charge on any atom is -0.462 e. The van der Waals surface area contributed by atoms with Gasteiger partial charge in [0.05, 0.1) is 12.8 Å². The maximum Gasteiger partial charge on any atom is 0.307 e. The van der Waals surface area contributed by atoms with Gasteiger partial charge in [0.2, 0.25) is 0 Å². The van der Waals surface area contributed by atoms with Crippen LogP contribution < -0.4 is 0 Å². The van der Waals surface area contributed by atoms with Gasteiger partial charge in [-0.1, -0.05) is 153 Å². The van der Waals surface area contributed by atoms with Gasteiger partial charge in [-0.25, -0.2) is 0 Å². The Hall–Kier alpha value is -4.24. The molecule has 0 atom stereocenters. The predicted molar refractivity (Wildman–Crippen MR) is 217 cm³/mol. The number of esters is 4. The van der Waals surface area contributed by atoms with Crippen molar-refractivity contribution in [1.82, 2.24) is 4.90 Å². The molecule has 0 unspecified atom stereocenters. The molecule has 9 heteroatoms. The minimum absolute atomic E-state index is 0.0313. The van der Waals surface area contributed by atoms with E-state index in [0.29, 0.717) is 13.1 Å². The Labute approximate surface area is 329 Å². The molecular weight excluding hydrogens is 695 g/mol. The Balaban J connectivity index is 1.56. The van der Waals surface area contributed by atoms with Gasteiger partial charge in [0.1, 0.15) is 19.9 Å². The Morgan fingerprint density at radius 3 is 1.73 bits per heavy atom. The molecule has 0 spiro atoms. The highest BCUT2D eigenvalue weighted by Gasteiger charge is 2.21.